The third-order valence-electron chi connectivity index (χ3n) is 4.83. The summed E-state index contributed by atoms with van der Waals surface area (Å²) in [6, 6.07) is 8.39. The lowest BCUT2D eigenvalue weighted by atomic mass is 10.1. The lowest BCUT2D eigenvalue weighted by Gasteiger charge is -2.01. The largest absolute Gasteiger partial charge is 0.100 e. The lowest BCUT2D eigenvalue weighted by Crippen LogP contribution is -1.85. The highest BCUT2D eigenvalue weighted by Crippen LogP contribution is 2.11. The van der Waals surface area contributed by atoms with E-state index < -0.39 is 0 Å². The number of aryl methyl sites for hydroxylation is 1. The Kier molecular flexibility index (Phi) is 54.6. The molecule has 0 nitrogen and oxygen atoms in total. The van der Waals surface area contributed by atoms with Crippen LogP contribution in [0.25, 0.3) is 5.57 Å². The Morgan fingerprint density at radius 1 is 0.682 bits per heavy atom. The van der Waals surface area contributed by atoms with Crippen molar-refractivity contribution in [2.75, 3.05) is 0 Å². The molecule has 1 aromatic rings. The molecule has 1 rings (SSSR count). The number of rotatable bonds is 7. The van der Waals surface area contributed by atoms with Gasteiger partial charge in [0.2, 0.25) is 0 Å². The third kappa shape index (κ3) is 71.9. The number of benzene rings is 1. The fourth-order valence-corrected chi connectivity index (χ4v) is 1.94. The van der Waals surface area contributed by atoms with E-state index >= 15 is 0 Å². The summed E-state index contributed by atoms with van der Waals surface area (Å²) in [6.45, 7) is 62.8. The summed E-state index contributed by atoms with van der Waals surface area (Å²) < 4.78 is 0. The number of allylic oxidation sites excluding steroid dienone is 9. The Hall–Kier alpha value is -2.86. The molecule has 0 radical (unpaired) electrons. The van der Waals surface area contributed by atoms with E-state index in [9.17, 15) is 0 Å². The highest BCUT2D eigenvalue weighted by Gasteiger charge is 1.92. The highest BCUT2D eigenvalue weighted by atomic mass is 14.0. The van der Waals surface area contributed by atoms with Gasteiger partial charge in [-0.2, -0.15) is 0 Å². The molecule has 0 heterocycles. The second-order valence-corrected chi connectivity index (χ2v) is 11.6. The van der Waals surface area contributed by atoms with E-state index in [1.807, 2.05) is 69.2 Å². The Balaban J connectivity index is -0.0000000749. The van der Waals surface area contributed by atoms with Crippen molar-refractivity contribution in [2.45, 2.75) is 144 Å². The molecule has 0 heteroatoms. The second kappa shape index (κ2) is 42.3. The average molecular weight is 609 g/mol. The predicted octanol–water partition coefficient (Wildman–Crippen LogP) is 16.3. The van der Waals surface area contributed by atoms with Crippen LogP contribution in [0.3, 0.4) is 0 Å². The third-order valence-corrected chi connectivity index (χ3v) is 4.83. The van der Waals surface area contributed by atoms with Crippen LogP contribution < -0.4 is 0 Å². The van der Waals surface area contributed by atoms with Crippen molar-refractivity contribution in [2.24, 2.45) is 5.92 Å². The first-order chi connectivity index (χ1) is 20.1. The first-order valence-electron chi connectivity index (χ1n) is 16.4. The minimum absolute atomic E-state index is 0.826. The molecule has 0 N–H and O–H groups in total. The molecular formula is C44H80. The van der Waals surface area contributed by atoms with Crippen molar-refractivity contribution in [1.82, 2.24) is 0 Å². The fourth-order valence-electron chi connectivity index (χ4n) is 1.94. The maximum absolute atomic E-state index is 3.86. The van der Waals surface area contributed by atoms with Crippen LogP contribution in [0, 0.1) is 12.8 Å². The van der Waals surface area contributed by atoms with Gasteiger partial charge in [0.25, 0.3) is 0 Å². The van der Waals surface area contributed by atoms with E-state index in [1.165, 1.54) is 57.4 Å². The quantitative estimate of drug-likeness (QED) is 0.213. The Labute approximate surface area is 281 Å². The van der Waals surface area contributed by atoms with Crippen molar-refractivity contribution in [3.05, 3.63) is 127 Å². The van der Waals surface area contributed by atoms with Crippen LogP contribution in [0.4, 0.5) is 0 Å². The zero-order valence-electron chi connectivity index (χ0n) is 33.5. The first kappa shape index (κ1) is 56.9. The van der Waals surface area contributed by atoms with Gasteiger partial charge in [0.05, 0.1) is 0 Å². The summed E-state index contributed by atoms with van der Waals surface area (Å²) in [5, 5.41) is 0. The van der Waals surface area contributed by atoms with E-state index in [1.54, 1.807) is 6.08 Å². The Morgan fingerprint density at radius 3 is 1.14 bits per heavy atom. The molecule has 0 atom stereocenters. The maximum atomic E-state index is 3.86. The molecule has 44 heavy (non-hydrogen) atoms. The van der Waals surface area contributed by atoms with E-state index in [0.717, 1.165) is 23.5 Å². The highest BCUT2D eigenvalue weighted by molar-refractivity contribution is 5.61. The molecule has 0 aliphatic heterocycles. The van der Waals surface area contributed by atoms with Gasteiger partial charge >= 0.3 is 0 Å². The van der Waals surface area contributed by atoms with Gasteiger partial charge in [0, 0.05) is 0 Å². The van der Waals surface area contributed by atoms with Gasteiger partial charge in [-0.15, -0.1) is 19.7 Å². The predicted molar refractivity (Wildman–Crippen MR) is 217 cm³/mol. The minimum atomic E-state index is 0.826. The molecule has 0 unspecified atom stereocenters. The maximum Gasteiger partial charge on any atom is -0.0233 e. The monoisotopic (exact) mass is 609 g/mol. The van der Waals surface area contributed by atoms with Gasteiger partial charge in [0.1, 0.15) is 0 Å². The second-order valence-electron chi connectivity index (χ2n) is 11.6. The molecule has 0 bridgehead atoms. The van der Waals surface area contributed by atoms with Crippen LogP contribution in [-0.4, -0.2) is 0 Å². The van der Waals surface area contributed by atoms with Gasteiger partial charge in [-0.25, -0.2) is 0 Å². The normalized spacial score (nSPS) is 7.98. The van der Waals surface area contributed by atoms with Crippen molar-refractivity contribution in [1.29, 1.82) is 0 Å². The molecule has 0 aliphatic rings. The Bertz CT molecular complexity index is 883. The van der Waals surface area contributed by atoms with Crippen molar-refractivity contribution < 1.29 is 0 Å². The molecule has 0 fully saturated rings. The van der Waals surface area contributed by atoms with Gasteiger partial charge < -0.3 is 0 Å². The van der Waals surface area contributed by atoms with Gasteiger partial charge in [-0.05, 0) is 107 Å². The van der Waals surface area contributed by atoms with Gasteiger partial charge in [-0.1, -0.05) is 155 Å². The zero-order chi connectivity index (χ0) is 37.0. The van der Waals surface area contributed by atoms with Gasteiger partial charge in [0.15, 0.2) is 0 Å². The summed E-state index contributed by atoms with van der Waals surface area (Å²) in [5.74, 6) is 0.826. The van der Waals surface area contributed by atoms with Crippen LogP contribution >= 0.6 is 0 Å². The van der Waals surface area contributed by atoms with Crippen LogP contribution in [0.1, 0.15) is 148 Å². The van der Waals surface area contributed by atoms with E-state index in [4.69, 9.17) is 0 Å². The average Bonchev–Trinajstić information content (AvgIpc) is 2.93. The van der Waals surface area contributed by atoms with Crippen molar-refractivity contribution in [3.8, 4) is 0 Å². The molecule has 0 aliphatic carbocycles. The fraction of sp³-hybridized carbons (Fsp3) is 0.500. The topological polar surface area (TPSA) is 0 Å². The molecule has 0 spiro atoms. The SMILES string of the molecule is C=C(C)C.C=C(C)C.C=C(C)C(C)=C(C)C.C=C(C)CCC(C)C.C=C(C)c1ccc(C)cc1.C=CC(=C)CC.CC.CC. The van der Waals surface area contributed by atoms with E-state index in [2.05, 4.69) is 126 Å². The standard InChI is InChI=1S/C10H12.C8H16.C8H14.C6H10.2C4H8.2C2H6/c1-8(2)10-6-4-9(3)5-7-10;1-7(2)5-6-8(3)4;1-6(2)8(5)7(3)4;1-4-6(3)5-2;2*1-4(2)3;2*1-2/h4-7H,1H2,2-3H3;8H,1,5-6H2,2-4H3;1H2,2-5H3;4H,1,3,5H2,2H3;2*1H2,2-3H3;2*1-2H3. The molecule has 0 saturated heterocycles. The summed E-state index contributed by atoms with van der Waals surface area (Å²) in [5.41, 5.74) is 12.2. The molecule has 1 aromatic carbocycles. The van der Waals surface area contributed by atoms with Crippen LogP contribution in [-0.2, 0) is 0 Å². The van der Waals surface area contributed by atoms with E-state index in [0.29, 0.717) is 0 Å². The first-order valence-corrected chi connectivity index (χ1v) is 16.4. The summed E-state index contributed by atoms with van der Waals surface area (Å²) in [7, 11) is 0. The molecular weight excluding hydrogens is 528 g/mol. The van der Waals surface area contributed by atoms with Crippen LogP contribution in [0.5, 0.6) is 0 Å². The van der Waals surface area contributed by atoms with Crippen molar-refractivity contribution >= 4 is 5.57 Å². The molecule has 0 amide bonds. The molecule has 256 valence electrons. The summed E-state index contributed by atoms with van der Waals surface area (Å²) in [6.07, 6.45) is 5.27. The number of hydrogen-bond acceptors (Lipinski definition) is 0. The molecule has 0 aromatic heterocycles. The van der Waals surface area contributed by atoms with Crippen LogP contribution in [0.15, 0.2) is 115 Å². The van der Waals surface area contributed by atoms with Crippen molar-refractivity contribution in [3.63, 3.8) is 0 Å². The lowest BCUT2D eigenvalue weighted by molar-refractivity contribution is 0.585. The van der Waals surface area contributed by atoms with Gasteiger partial charge in [-0.3, -0.25) is 0 Å². The summed E-state index contributed by atoms with van der Waals surface area (Å²) >= 11 is 0. The van der Waals surface area contributed by atoms with E-state index in [-0.39, 0.29) is 0 Å². The smallest absolute Gasteiger partial charge is 0.0233 e. The van der Waals surface area contributed by atoms with Crippen LogP contribution in [0.2, 0.25) is 0 Å². The zero-order valence-corrected chi connectivity index (χ0v) is 33.5. The Morgan fingerprint density at radius 2 is 1.02 bits per heavy atom. The number of hydrogen-bond donors (Lipinski definition) is 0. The molecule has 0 saturated carbocycles. The summed E-state index contributed by atoms with van der Waals surface area (Å²) in [4.78, 5) is 0. The minimum Gasteiger partial charge on any atom is -0.100 e.